The van der Waals surface area contributed by atoms with E-state index in [1.807, 2.05) is 12.1 Å². The van der Waals surface area contributed by atoms with Gasteiger partial charge in [0.2, 0.25) is 0 Å². The van der Waals surface area contributed by atoms with E-state index in [1.165, 1.54) is 11.1 Å². The normalized spacial score (nSPS) is 19.9. The van der Waals surface area contributed by atoms with Crippen molar-refractivity contribution in [3.05, 3.63) is 29.3 Å². The van der Waals surface area contributed by atoms with Crippen molar-refractivity contribution in [3.8, 4) is 0 Å². The molecule has 0 radical (unpaired) electrons. The van der Waals surface area contributed by atoms with Gasteiger partial charge in [-0.1, -0.05) is 12.1 Å². The van der Waals surface area contributed by atoms with E-state index in [-0.39, 0.29) is 6.42 Å². The molecule has 1 atom stereocenters. The van der Waals surface area contributed by atoms with Crippen molar-refractivity contribution in [2.45, 2.75) is 32.4 Å². The molecule has 0 aromatic heterocycles. The molecular formula is C13H18N2O2. The summed E-state index contributed by atoms with van der Waals surface area (Å²) < 4.78 is 0. The predicted octanol–water partition coefficient (Wildman–Crippen LogP) is 1.49. The van der Waals surface area contributed by atoms with Crippen LogP contribution < -0.4 is 5.73 Å². The third-order valence-electron chi connectivity index (χ3n) is 3.42. The molecule has 4 heteroatoms. The average molecular weight is 234 g/mol. The van der Waals surface area contributed by atoms with Crippen molar-refractivity contribution in [1.29, 1.82) is 0 Å². The lowest BCUT2D eigenvalue weighted by Gasteiger charge is -2.35. The van der Waals surface area contributed by atoms with Crippen LogP contribution in [0, 0.1) is 0 Å². The maximum atomic E-state index is 10.6. The fraction of sp³-hybridized carbons (Fsp3) is 0.462. The number of hydrogen-bond donors (Lipinski definition) is 2. The first-order valence-corrected chi connectivity index (χ1v) is 5.90. The first-order valence-electron chi connectivity index (χ1n) is 5.90. The van der Waals surface area contributed by atoms with Gasteiger partial charge in [0.05, 0.1) is 6.42 Å². The van der Waals surface area contributed by atoms with Gasteiger partial charge in [-0.25, -0.2) is 0 Å². The molecule has 4 nitrogen and oxygen atoms in total. The molecule has 1 aliphatic rings. The van der Waals surface area contributed by atoms with Crippen LogP contribution in [0.4, 0.5) is 5.69 Å². The molecule has 1 heterocycles. The molecule has 1 unspecified atom stereocenters. The number of nitrogen functional groups attached to an aromatic ring is 1. The minimum atomic E-state index is -0.740. The molecule has 0 fully saturated rings. The molecule has 92 valence electrons. The third-order valence-corrected chi connectivity index (χ3v) is 3.42. The Morgan fingerprint density at radius 2 is 2.35 bits per heavy atom. The van der Waals surface area contributed by atoms with Gasteiger partial charge in [-0.2, -0.15) is 0 Å². The van der Waals surface area contributed by atoms with E-state index >= 15 is 0 Å². The molecule has 0 amide bonds. The number of nitrogens with two attached hydrogens (primary N) is 1. The summed E-state index contributed by atoms with van der Waals surface area (Å²) in [4.78, 5) is 12.8. The number of carboxylic acids is 1. The molecule has 17 heavy (non-hydrogen) atoms. The number of hydrogen-bond acceptors (Lipinski definition) is 3. The topological polar surface area (TPSA) is 66.6 Å². The number of nitrogens with zero attached hydrogens (tertiary/aromatic N) is 1. The fourth-order valence-corrected chi connectivity index (χ4v) is 2.39. The van der Waals surface area contributed by atoms with Gasteiger partial charge >= 0.3 is 5.97 Å². The second kappa shape index (κ2) is 4.75. The Morgan fingerprint density at radius 3 is 3.06 bits per heavy atom. The zero-order chi connectivity index (χ0) is 12.4. The number of carboxylic acid groups (broad SMARTS) is 1. The highest BCUT2D eigenvalue weighted by atomic mass is 16.4. The Bertz CT molecular complexity index is 431. The van der Waals surface area contributed by atoms with Gasteiger partial charge in [0.25, 0.3) is 0 Å². The summed E-state index contributed by atoms with van der Waals surface area (Å²) in [5.74, 6) is -0.740. The minimum Gasteiger partial charge on any atom is -0.481 e. The molecular weight excluding hydrogens is 216 g/mol. The highest BCUT2D eigenvalue weighted by Crippen LogP contribution is 2.27. The average Bonchev–Trinajstić information content (AvgIpc) is 2.28. The summed E-state index contributed by atoms with van der Waals surface area (Å²) in [5.41, 5.74) is 9.27. The minimum absolute atomic E-state index is 0.196. The smallest absolute Gasteiger partial charge is 0.304 e. The molecule has 0 bridgehead atoms. The monoisotopic (exact) mass is 234 g/mol. The number of carbonyl (C=O) groups is 1. The Balaban J connectivity index is 2.13. The van der Waals surface area contributed by atoms with E-state index in [4.69, 9.17) is 10.8 Å². The van der Waals surface area contributed by atoms with E-state index in [9.17, 15) is 4.79 Å². The van der Waals surface area contributed by atoms with Crippen molar-refractivity contribution < 1.29 is 9.90 Å². The summed E-state index contributed by atoms with van der Waals surface area (Å²) in [6.07, 6.45) is 1.10. The lowest BCUT2D eigenvalue weighted by Crippen LogP contribution is -2.39. The Kier molecular flexibility index (Phi) is 3.33. The van der Waals surface area contributed by atoms with Crippen molar-refractivity contribution in [2.75, 3.05) is 12.3 Å². The highest BCUT2D eigenvalue weighted by Gasteiger charge is 2.24. The zero-order valence-corrected chi connectivity index (χ0v) is 10.0. The van der Waals surface area contributed by atoms with Gasteiger partial charge in [-0.3, -0.25) is 9.69 Å². The van der Waals surface area contributed by atoms with E-state index in [2.05, 4.69) is 17.9 Å². The first kappa shape index (κ1) is 11.9. The SMILES string of the molecule is CC1Cc2c(N)cccc2CN1CCC(=O)O. The Morgan fingerprint density at radius 1 is 1.59 bits per heavy atom. The van der Waals surface area contributed by atoms with Crippen molar-refractivity contribution >= 4 is 11.7 Å². The summed E-state index contributed by atoms with van der Waals surface area (Å²) in [6.45, 7) is 3.52. The number of benzene rings is 1. The summed E-state index contributed by atoms with van der Waals surface area (Å²) >= 11 is 0. The number of fused-ring (bicyclic) bond motifs is 1. The summed E-state index contributed by atoms with van der Waals surface area (Å²) in [5, 5.41) is 8.72. The number of aliphatic carboxylic acids is 1. The van der Waals surface area contributed by atoms with E-state index in [0.29, 0.717) is 12.6 Å². The van der Waals surface area contributed by atoms with Crippen LogP contribution >= 0.6 is 0 Å². The molecule has 1 aromatic rings. The summed E-state index contributed by atoms with van der Waals surface area (Å²) in [7, 11) is 0. The Labute approximate surface area is 101 Å². The van der Waals surface area contributed by atoms with Crippen LogP contribution in [0.15, 0.2) is 18.2 Å². The molecule has 0 saturated heterocycles. The van der Waals surface area contributed by atoms with E-state index < -0.39 is 5.97 Å². The summed E-state index contributed by atoms with van der Waals surface area (Å²) in [6, 6.07) is 6.31. The van der Waals surface area contributed by atoms with E-state index in [1.54, 1.807) is 0 Å². The standard InChI is InChI=1S/C13H18N2O2/c1-9-7-11-10(3-2-4-12(11)14)8-15(9)6-5-13(16)17/h2-4,9H,5-8,14H2,1H3,(H,16,17). The molecule has 1 aromatic carbocycles. The zero-order valence-electron chi connectivity index (χ0n) is 10.0. The molecule has 0 saturated carbocycles. The quantitative estimate of drug-likeness (QED) is 0.778. The molecule has 2 rings (SSSR count). The lowest BCUT2D eigenvalue weighted by atomic mass is 9.93. The third kappa shape index (κ3) is 2.58. The molecule has 3 N–H and O–H groups in total. The van der Waals surface area contributed by atoms with Gasteiger partial charge in [0.15, 0.2) is 0 Å². The second-order valence-electron chi connectivity index (χ2n) is 4.65. The fourth-order valence-electron chi connectivity index (χ4n) is 2.39. The maximum Gasteiger partial charge on any atom is 0.304 e. The van der Waals surface area contributed by atoms with Crippen LogP contribution in [0.5, 0.6) is 0 Å². The van der Waals surface area contributed by atoms with Crippen LogP contribution in [0.3, 0.4) is 0 Å². The molecule has 0 aliphatic carbocycles. The highest BCUT2D eigenvalue weighted by molar-refractivity contribution is 5.66. The maximum absolute atomic E-state index is 10.6. The molecule has 1 aliphatic heterocycles. The van der Waals surface area contributed by atoms with Crippen LogP contribution in [-0.2, 0) is 17.8 Å². The van der Waals surface area contributed by atoms with Crippen LogP contribution in [-0.4, -0.2) is 28.6 Å². The van der Waals surface area contributed by atoms with Gasteiger partial charge in [0.1, 0.15) is 0 Å². The van der Waals surface area contributed by atoms with Crippen molar-refractivity contribution in [3.63, 3.8) is 0 Å². The van der Waals surface area contributed by atoms with Crippen molar-refractivity contribution in [2.24, 2.45) is 0 Å². The van der Waals surface area contributed by atoms with Crippen LogP contribution in [0.25, 0.3) is 0 Å². The predicted molar refractivity (Wildman–Crippen MR) is 66.7 cm³/mol. The lowest BCUT2D eigenvalue weighted by molar-refractivity contribution is -0.137. The second-order valence-corrected chi connectivity index (χ2v) is 4.65. The largest absolute Gasteiger partial charge is 0.481 e. The van der Waals surface area contributed by atoms with Gasteiger partial charge in [-0.15, -0.1) is 0 Å². The van der Waals surface area contributed by atoms with Crippen molar-refractivity contribution in [1.82, 2.24) is 4.90 Å². The van der Waals surface area contributed by atoms with Gasteiger partial charge < -0.3 is 10.8 Å². The number of rotatable bonds is 3. The van der Waals surface area contributed by atoms with Crippen LogP contribution in [0.2, 0.25) is 0 Å². The first-order chi connectivity index (χ1) is 8.08. The Hall–Kier alpha value is -1.55. The molecule has 0 spiro atoms. The van der Waals surface area contributed by atoms with E-state index in [0.717, 1.165) is 18.7 Å². The van der Waals surface area contributed by atoms with Gasteiger partial charge in [0, 0.05) is 24.8 Å². The van der Waals surface area contributed by atoms with Gasteiger partial charge in [-0.05, 0) is 30.5 Å². The van der Waals surface area contributed by atoms with Crippen LogP contribution in [0.1, 0.15) is 24.5 Å². The number of anilines is 1.